The summed E-state index contributed by atoms with van der Waals surface area (Å²) in [5, 5.41) is 13.1. The third-order valence-electron chi connectivity index (χ3n) is 4.39. The zero-order valence-electron chi connectivity index (χ0n) is 16.2. The van der Waals surface area contributed by atoms with Crippen LogP contribution in [-0.4, -0.2) is 44.1 Å². The molecule has 6 nitrogen and oxygen atoms in total. The van der Waals surface area contributed by atoms with E-state index in [-0.39, 0.29) is 17.9 Å². The number of anilines is 1. The highest BCUT2D eigenvalue weighted by molar-refractivity contribution is 5.81. The van der Waals surface area contributed by atoms with Crippen LogP contribution in [0.1, 0.15) is 33.6 Å². The maximum absolute atomic E-state index is 11.6. The van der Waals surface area contributed by atoms with Crippen molar-refractivity contribution in [1.82, 2.24) is 16.0 Å². The Morgan fingerprint density at radius 2 is 1.81 bits per heavy atom. The molecule has 1 unspecified atom stereocenters. The topological polar surface area (TPSA) is 77.6 Å². The SMILES string of the molecule is CCNC(=NCC(Nc1ccccc1)C(C)C)NCCNC(=O)C1CC1. The van der Waals surface area contributed by atoms with E-state index < -0.39 is 0 Å². The van der Waals surface area contributed by atoms with Gasteiger partial charge in [-0.1, -0.05) is 32.0 Å². The number of guanidine groups is 1. The van der Waals surface area contributed by atoms with Crippen molar-refractivity contribution in [2.75, 3.05) is 31.5 Å². The van der Waals surface area contributed by atoms with Gasteiger partial charge in [0.2, 0.25) is 5.91 Å². The van der Waals surface area contributed by atoms with Crippen molar-refractivity contribution < 1.29 is 4.79 Å². The minimum Gasteiger partial charge on any atom is -0.380 e. The van der Waals surface area contributed by atoms with Crippen molar-refractivity contribution in [3.8, 4) is 0 Å². The van der Waals surface area contributed by atoms with Crippen LogP contribution in [0.4, 0.5) is 5.69 Å². The Labute approximate surface area is 157 Å². The molecule has 4 N–H and O–H groups in total. The van der Waals surface area contributed by atoms with Gasteiger partial charge in [-0.05, 0) is 37.8 Å². The minimum atomic E-state index is 0.181. The summed E-state index contributed by atoms with van der Waals surface area (Å²) >= 11 is 0. The maximum atomic E-state index is 11.6. The number of carbonyl (C=O) groups excluding carboxylic acids is 1. The number of nitrogens with zero attached hydrogens (tertiary/aromatic N) is 1. The van der Waals surface area contributed by atoms with Crippen LogP contribution in [-0.2, 0) is 4.79 Å². The Hall–Kier alpha value is -2.24. The quantitative estimate of drug-likeness (QED) is 0.293. The van der Waals surface area contributed by atoms with Gasteiger partial charge in [0.25, 0.3) is 0 Å². The molecule has 1 fully saturated rings. The summed E-state index contributed by atoms with van der Waals surface area (Å²) in [6.45, 7) is 9.22. The molecular weight excluding hydrogens is 326 g/mol. The Morgan fingerprint density at radius 3 is 2.42 bits per heavy atom. The van der Waals surface area contributed by atoms with Crippen LogP contribution in [0, 0.1) is 11.8 Å². The van der Waals surface area contributed by atoms with E-state index in [0.717, 1.165) is 31.0 Å². The normalized spacial score (nSPS) is 15.5. The van der Waals surface area contributed by atoms with Crippen molar-refractivity contribution in [1.29, 1.82) is 0 Å². The van der Waals surface area contributed by atoms with Gasteiger partial charge in [-0.2, -0.15) is 0 Å². The molecule has 1 aromatic carbocycles. The molecular formula is C20H33N5O. The van der Waals surface area contributed by atoms with Gasteiger partial charge < -0.3 is 21.3 Å². The Kier molecular flexibility index (Phi) is 8.25. The minimum absolute atomic E-state index is 0.181. The van der Waals surface area contributed by atoms with Gasteiger partial charge in [-0.15, -0.1) is 0 Å². The fourth-order valence-electron chi connectivity index (χ4n) is 2.56. The van der Waals surface area contributed by atoms with E-state index in [1.165, 1.54) is 0 Å². The van der Waals surface area contributed by atoms with Crippen molar-refractivity contribution in [2.24, 2.45) is 16.8 Å². The van der Waals surface area contributed by atoms with Crippen LogP contribution in [0.5, 0.6) is 0 Å². The van der Waals surface area contributed by atoms with E-state index in [1.54, 1.807) is 0 Å². The fraction of sp³-hybridized carbons (Fsp3) is 0.600. The van der Waals surface area contributed by atoms with Crippen molar-refractivity contribution in [3.05, 3.63) is 30.3 Å². The molecule has 26 heavy (non-hydrogen) atoms. The number of nitrogens with one attached hydrogen (secondary N) is 4. The number of carbonyl (C=O) groups is 1. The molecule has 1 aliphatic rings. The lowest BCUT2D eigenvalue weighted by atomic mass is 10.0. The second kappa shape index (κ2) is 10.7. The zero-order chi connectivity index (χ0) is 18.8. The average molecular weight is 360 g/mol. The molecule has 0 aliphatic heterocycles. The molecule has 2 rings (SSSR count). The predicted octanol–water partition coefficient (Wildman–Crippen LogP) is 2.20. The number of amides is 1. The Bertz CT molecular complexity index is 569. The lowest BCUT2D eigenvalue weighted by Gasteiger charge is -2.22. The van der Waals surface area contributed by atoms with Crippen LogP contribution in [0.15, 0.2) is 35.3 Å². The smallest absolute Gasteiger partial charge is 0.223 e. The van der Waals surface area contributed by atoms with Gasteiger partial charge >= 0.3 is 0 Å². The van der Waals surface area contributed by atoms with Crippen LogP contribution < -0.4 is 21.3 Å². The summed E-state index contributed by atoms with van der Waals surface area (Å²) in [6, 6.07) is 10.5. The third-order valence-corrected chi connectivity index (χ3v) is 4.39. The number of hydrogen-bond acceptors (Lipinski definition) is 3. The molecule has 0 radical (unpaired) electrons. The van der Waals surface area contributed by atoms with Gasteiger partial charge in [-0.3, -0.25) is 9.79 Å². The number of rotatable bonds is 10. The van der Waals surface area contributed by atoms with Crippen molar-refractivity contribution >= 4 is 17.6 Å². The second-order valence-corrected chi connectivity index (χ2v) is 7.07. The molecule has 6 heteroatoms. The molecule has 0 bridgehead atoms. The first-order valence-corrected chi connectivity index (χ1v) is 9.71. The molecule has 1 atom stereocenters. The van der Waals surface area contributed by atoms with Gasteiger partial charge in [0, 0.05) is 37.3 Å². The van der Waals surface area contributed by atoms with E-state index in [0.29, 0.717) is 25.6 Å². The highest BCUT2D eigenvalue weighted by Crippen LogP contribution is 2.28. The van der Waals surface area contributed by atoms with Gasteiger partial charge in [0.05, 0.1) is 6.54 Å². The van der Waals surface area contributed by atoms with E-state index in [1.807, 2.05) is 25.1 Å². The first-order valence-electron chi connectivity index (χ1n) is 9.71. The zero-order valence-corrected chi connectivity index (χ0v) is 16.2. The fourth-order valence-corrected chi connectivity index (χ4v) is 2.56. The summed E-state index contributed by atoms with van der Waals surface area (Å²) in [7, 11) is 0. The van der Waals surface area contributed by atoms with Gasteiger partial charge in [-0.25, -0.2) is 0 Å². The van der Waals surface area contributed by atoms with Crippen LogP contribution in [0.2, 0.25) is 0 Å². The first-order chi connectivity index (χ1) is 12.6. The monoisotopic (exact) mass is 359 g/mol. The highest BCUT2D eigenvalue weighted by Gasteiger charge is 2.28. The average Bonchev–Trinajstić information content (AvgIpc) is 3.47. The number of benzene rings is 1. The maximum Gasteiger partial charge on any atom is 0.223 e. The molecule has 0 saturated heterocycles. The molecule has 0 spiro atoms. The molecule has 1 aromatic rings. The summed E-state index contributed by atoms with van der Waals surface area (Å²) in [5.41, 5.74) is 1.11. The van der Waals surface area contributed by atoms with Crippen molar-refractivity contribution in [3.63, 3.8) is 0 Å². The molecule has 1 amide bonds. The largest absolute Gasteiger partial charge is 0.380 e. The molecule has 0 aromatic heterocycles. The molecule has 0 heterocycles. The third kappa shape index (κ3) is 7.33. The van der Waals surface area contributed by atoms with E-state index in [9.17, 15) is 4.79 Å². The van der Waals surface area contributed by atoms with Crippen LogP contribution >= 0.6 is 0 Å². The number of hydrogen-bond donors (Lipinski definition) is 4. The summed E-state index contributed by atoms with van der Waals surface area (Å²) in [4.78, 5) is 16.4. The first kappa shape index (κ1) is 20.1. The highest BCUT2D eigenvalue weighted by atomic mass is 16.2. The lowest BCUT2D eigenvalue weighted by Crippen LogP contribution is -2.42. The van der Waals surface area contributed by atoms with Gasteiger partial charge in [0.15, 0.2) is 5.96 Å². The Balaban J connectivity index is 1.80. The summed E-state index contributed by atoms with van der Waals surface area (Å²) in [6.07, 6.45) is 2.07. The van der Waals surface area contributed by atoms with Gasteiger partial charge in [0.1, 0.15) is 0 Å². The van der Waals surface area contributed by atoms with E-state index in [2.05, 4.69) is 47.2 Å². The standard InChI is InChI=1S/C20H33N5O/c1-4-21-20(23-13-12-22-19(26)16-10-11-16)24-14-18(15(2)3)25-17-8-6-5-7-9-17/h5-9,15-16,18,25H,4,10-14H2,1-3H3,(H,22,26)(H2,21,23,24). The molecule has 1 saturated carbocycles. The number of aliphatic imine (C=N–C) groups is 1. The Morgan fingerprint density at radius 1 is 1.12 bits per heavy atom. The molecule has 1 aliphatic carbocycles. The van der Waals surface area contributed by atoms with Crippen molar-refractivity contribution in [2.45, 2.75) is 39.7 Å². The summed E-state index contributed by atoms with van der Waals surface area (Å²) in [5.74, 6) is 1.68. The second-order valence-electron chi connectivity index (χ2n) is 7.07. The summed E-state index contributed by atoms with van der Waals surface area (Å²) < 4.78 is 0. The lowest BCUT2D eigenvalue weighted by molar-refractivity contribution is -0.122. The van der Waals surface area contributed by atoms with E-state index >= 15 is 0 Å². The van der Waals surface area contributed by atoms with E-state index in [4.69, 9.17) is 4.99 Å². The molecule has 144 valence electrons. The predicted molar refractivity (Wildman–Crippen MR) is 108 cm³/mol. The van der Waals surface area contributed by atoms with Crippen LogP contribution in [0.3, 0.4) is 0 Å². The van der Waals surface area contributed by atoms with Crippen LogP contribution in [0.25, 0.3) is 0 Å². The number of para-hydroxylation sites is 1.